The predicted molar refractivity (Wildman–Crippen MR) is 50.0 cm³/mol. The van der Waals surface area contributed by atoms with Gasteiger partial charge >= 0.3 is 0 Å². The molecule has 1 aliphatic carbocycles. The zero-order chi connectivity index (χ0) is 8.48. The number of allylic oxidation sites excluding steroid dienone is 4. The second-order valence-corrected chi connectivity index (χ2v) is 4.21. The van der Waals surface area contributed by atoms with Crippen molar-refractivity contribution in [1.29, 1.82) is 0 Å². The highest BCUT2D eigenvalue weighted by molar-refractivity contribution is 14.1. The molecule has 0 amide bonds. The van der Waals surface area contributed by atoms with Crippen LogP contribution in [0.3, 0.4) is 0 Å². The van der Waals surface area contributed by atoms with Gasteiger partial charge in [0, 0.05) is 6.42 Å². The molecule has 0 spiro atoms. The van der Waals surface area contributed by atoms with E-state index in [2.05, 4.69) is 0 Å². The summed E-state index contributed by atoms with van der Waals surface area (Å²) in [6, 6.07) is 0. The molecule has 0 aromatic rings. The van der Waals surface area contributed by atoms with Gasteiger partial charge in [0.15, 0.2) is 5.83 Å². The van der Waals surface area contributed by atoms with E-state index in [4.69, 9.17) is 0 Å². The molecule has 0 aromatic carbocycles. The molecule has 0 radical (unpaired) electrons. The highest BCUT2D eigenvalue weighted by Gasteiger charge is 2.34. The smallest absolute Gasteiger partial charge is 0.215 e. The number of rotatable bonds is 1. The van der Waals surface area contributed by atoms with Crippen molar-refractivity contribution in [3.63, 3.8) is 0 Å². The lowest BCUT2D eigenvalue weighted by molar-refractivity contribution is 0.302. The third kappa shape index (κ3) is 1.80. The molecule has 0 fully saturated rings. The van der Waals surface area contributed by atoms with Gasteiger partial charge in [0.25, 0.3) is 0 Å². The summed E-state index contributed by atoms with van der Waals surface area (Å²) in [4.78, 5) is 0. The lowest BCUT2D eigenvalue weighted by atomic mass is 10.0. The maximum atomic E-state index is 13.2. The van der Waals surface area contributed by atoms with Gasteiger partial charge in [-0.1, -0.05) is 19.1 Å². The fourth-order valence-electron chi connectivity index (χ4n) is 1.02. The lowest BCUT2D eigenvalue weighted by Crippen LogP contribution is -2.17. The number of halogens is 3. The Morgan fingerprint density at radius 1 is 1.73 bits per heavy atom. The summed E-state index contributed by atoms with van der Waals surface area (Å²) in [5.74, 6) is -0.608. The van der Waals surface area contributed by atoms with Gasteiger partial charge in [-0.25, -0.2) is 8.78 Å². The van der Waals surface area contributed by atoms with Crippen LogP contribution >= 0.6 is 22.6 Å². The van der Waals surface area contributed by atoms with E-state index < -0.39 is 9.50 Å². The molecule has 1 aliphatic rings. The average molecular weight is 270 g/mol. The molecule has 0 N–H and O–H groups in total. The van der Waals surface area contributed by atoms with E-state index in [9.17, 15) is 8.78 Å². The van der Waals surface area contributed by atoms with E-state index in [0.717, 1.165) is 0 Å². The molecule has 0 bridgehead atoms. The molecule has 3 heteroatoms. The molecule has 62 valence electrons. The van der Waals surface area contributed by atoms with Gasteiger partial charge in [0.05, 0.1) is 0 Å². The summed E-state index contributed by atoms with van der Waals surface area (Å²) in [6.45, 7) is 1.82. The first-order chi connectivity index (χ1) is 5.08. The first-order valence-corrected chi connectivity index (χ1v) is 4.59. The summed E-state index contributed by atoms with van der Waals surface area (Å²) < 4.78 is 24.5. The van der Waals surface area contributed by atoms with Gasteiger partial charge in [-0.15, -0.1) is 0 Å². The van der Waals surface area contributed by atoms with Crippen LogP contribution in [0.2, 0.25) is 0 Å². The van der Waals surface area contributed by atoms with Crippen LogP contribution < -0.4 is 0 Å². The van der Waals surface area contributed by atoms with Crippen molar-refractivity contribution >= 4 is 22.6 Å². The summed E-state index contributed by atoms with van der Waals surface area (Å²) in [7, 11) is 0. The highest BCUT2D eigenvalue weighted by Crippen LogP contribution is 2.40. The van der Waals surface area contributed by atoms with Gasteiger partial charge < -0.3 is 0 Å². The third-order valence-electron chi connectivity index (χ3n) is 1.68. The second kappa shape index (κ2) is 3.21. The van der Waals surface area contributed by atoms with Crippen molar-refractivity contribution in [3.05, 3.63) is 23.6 Å². The van der Waals surface area contributed by atoms with Crippen LogP contribution in [0.4, 0.5) is 8.78 Å². The Labute approximate surface area is 78.5 Å². The lowest BCUT2D eigenvalue weighted by Gasteiger charge is -2.20. The van der Waals surface area contributed by atoms with Crippen molar-refractivity contribution in [2.24, 2.45) is 0 Å². The fourth-order valence-corrected chi connectivity index (χ4v) is 1.62. The number of alkyl halides is 2. The fraction of sp³-hybridized carbons (Fsp3) is 0.500. The van der Waals surface area contributed by atoms with E-state index in [1.165, 1.54) is 22.6 Å². The largest absolute Gasteiger partial charge is 0.224 e. The monoisotopic (exact) mass is 270 g/mol. The van der Waals surface area contributed by atoms with E-state index in [1.807, 2.05) is 6.92 Å². The van der Waals surface area contributed by atoms with Crippen molar-refractivity contribution in [1.82, 2.24) is 0 Å². The van der Waals surface area contributed by atoms with Crippen LogP contribution in [0.25, 0.3) is 0 Å². The molecule has 0 heterocycles. The van der Waals surface area contributed by atoms with Crippen molar-refractivity contribution < 1.29 is 8.78 Å². The minimum absolute atomic E-state index is 0.142. The van der Waals surface area contributed by atoms with E-state index in [0.29, 0.717) is 12.0 Å². The zero-order valence-corrected chi connectivity index (χ0v) is 8.36. The molecule has 1 unspecified atom stereocenters. The van der Waals surface area contributed by atoms with Crippen LogP contribution in [0.15, 0.2) is 23.6 Å². The zero-order valence-electron chi connectivity index (χ0n) is 6.20. The van der Waals surface area contributed by atoms with E-state index in [1.54, 1.807) is 12.2 Å². The van der Waals surface area contributed by atoms with Crippen LogP contribution in [-0.2, 0) is 0 Å². The summed E-state index contributed by atoms with van der Waals surface area (Å²) in [5, 5.41) is 0. The molecular formula is C8H9F2I. The molecule has 0 aliphatic heterocycles. The molecule has 1 rings (SSSR count). The van der Waals surface area contributed by atoms with Gasteiger partial charge in [0.1, 0.15) is 0 Å². The SMILES string of the molecule is CCC1=C(F)C(F)(I)CC=C1. The normalized spacial score (nSPS) is 31.3. The molecule has 0 saturated heterocycles. The Kier molecular flexibility index (Phi) is 2.67. The van der Waals surface area contributed by atoms with Crippen LogP contribution in [0.1, 0.15) is 19.8 Å². The van der Waals surface area contributed by atoms with Gasteiger partial charge in [0.2, 0.25) is 3.68 Å². The summed E-state index contributed by atoms with van der Waals surface area (Å²) >= 11 is 1.50. The van der Waals surface area contributed by atoms with Gasteiger partial charge in [-0.05, 0) is 34.6 Å². The van der Waals surface area contributed by atoms with E-state index >= 15 is 0 Å². The van der Waals surface area contributed by atoms with Crippen molar-refractivity contribution in [3.8, 4) is 0 Å². The molecular weight excluding hydrogens is 261 g/mol. The first kappa shape index (κ1) is 9.16. The maximum absolute atomic E-state index is 13.2. The maximum Gasteiger partial charge on any atom is 0.215 e. The Morgan fingerprint density at radius 2 is 2.36 bits per heavy atom. The standard InChI is InChI=1S/C8H9F2I/c1-2-6-4-3-5-8(10,11)7(6)9/h3-4H,2,5H2,1H3. The molecule has 0 aromatic heterocycles. The van der Waals surface area contributed by atoms with Gasteiger partial charge in [-0.3, -0.25) is 0 Å². The van der Waals surface area contributed by atoms with Crippen LogP contribution in [-0.4, -0.2) is 3.68 Å². The number of hydrogen-bond donors (Lipinski definition) is 0. The predicted octanol–water partition coefficient (Wildman–Crippen LogP) is 3.68. The Hall–Kier alpha value is 0.0700. The molecule has 1 atom stereocenters. The van der Waals surface area contributed by atoms with Crippen LogP contribution in [0.5, 0.6) is 0 Å². The topological polar surface area (TPSA) is 0 Å². The van der Waals surface area contributed by atoms with E-state index in [-0.39, 0.29) is 6.42 Å². The summed E-state index contributed by atoms with van der Waals surface area (Å²) in [5.41, 5.74) is 0.480. The van der Waals surface area contributed by atoms with Crippen LogP contribution in [0, 0.1) is 0 Å². The second-order valence-electron chi connectivity index (χ2n) is 2.50. The highest BCUT2D eigenvalue weighted by atomic mass is 127. The van der Waals surface area contributed by atoms with Crippen molar-refractivity contribution in [2.45, 2.75) is 23.4 Å². The Bertz CT molecular complexity index is 216. The first-order valence-electron chi connectivity index (χ1n) is 3.51. The average Bonchev–Trinajstić information content (AvgIpc) is 1.95. The Balaban J connectivity index is 2.97. The molecule has 0 saturated carbocycles. The minimum atomic E-state index is -1.79. The Morgan fingerprint density at radius 3 is 2.82 bits per heavy atom. The molecule has 0 nitrogen and oxygen atoms in total. The summed E-state index contributed by atoms with van der Waals surface area (Å²) in [6.07, 6.45) is 4.03. The quantitative estimate of drug-likeness (QED) is 0.503. The van der Waals surface area contributed by atoms with Crippen molar-refractivity contribution in [2.75, 3.05) is 0 Å². The minimum Gasteiger partial charge on any atom is -0.224 e. The van der Waals surface area contributed by atoms with Gasteiger partial charge in [-0.2, -0.15) is 0 Å². The number of hydrogen-bond acceptors (Lipinski definition) is 0. The molecule has 11 heavy (non-hydrogen) atoms. The third-order valence-corrected chi connectivity index (χ3v) is 2.59.